The van der Waals surface area contributed by atoms with Gasteiger partial charge in [0.2, 0.25) is 0 Å². The predicted octanol–water partition coefficient (Wildman–Crippen LogP) is 15.2. The molecule has 0 unspecified atom stereocenters. The van der Waals surface area contributed by atoms with E-state index in [4.69, 9.17) is 0 Å². The van der Waals surface area contributed by atoms with Crippen molar-refractivity contribution in [2.24, 2.45) is 0 Å². The fourth-order valence-corrected chi connectivity index (χ4v) is 7.71. The molecule has 0 aliphatic heterocycles. The molecule has 0 atom stereocenters. The molecule has 0 saturated heterocycles. The van der Waals surface area contributed by atoms with Crippen LogP contribution in [0.4, 0.5) is 0 Å². The zero-order chi connectivity index (χ0) is 33.4. The van der Waals surface area contributed by atoms with E-state index in [1.54, 1.807) is 0 Å². The van der Waals surface area contributed by atoms with Crippen LogP contribution in [0.15, 0.2) is 60.7 Å². The molecule has 0 amide bonds. The predicted molar refractivity (Wildman–Crippen MR) is 211 cm³/mol. The number of nitrogens with zero attached hydrogens (tertiary/aromatic N) is 1. The van der Waals surface area contributed by atoms with Gasteiger partial charge in [-0.3, -0.25) is 0 Å². The number of unbranched alkanes of at least 4 members (excludes halogenated alkanes) is 26. The molecule has 2 aromatic rings. The van der Waals surface area contributed by atoms with Crippen LogP contribution in [-0.4, -0.2) is 17.6 Å². The first kappa shape index (κ1) is 41.6. The number of quaternary nitrogens is 1. The second-order valence-corrected chi connectivity index (χ2v) is 15.3. The average molecular weight is 647 g/mol. The van der Waals surface area contributed by atoms with Crippen LogP contribution in [0.2, 0.25) is 0 Å². The molecular weight excluding hydrogens is 567 g/mol. The molecule has 0 radical (unpaired) electrons. The highest BCUT2D eigenvalue weighted by Crippen LogP contribution is 2.24. The number of hydrogen-bond acceptors (Lipinski definition) is 0. The molecule has 0 saturated carbocycles. The lowest BCUT2D eigenvalue weighted by atomic mass is 10.0. The van der Waals surface area contributed by atoms with Gasteiger partial charge in [-0.15, -0.1) is 0 Å². The summed E-state index contributed by atoms with van der Waals surface area (Å²) in [5.74, 6) is 0. The Labute approximate surface area is 295 Å². The molecule has 0 aliphatic rings. The lowest BCUT2D eigenvalue weighted by molar-refractivity contribution is -0.954. The SMILES string of the molecule is CCCCCCCCCCCCCCCC[N+](CCCCCCCCCCCCCCCC)(Cc1ccccc1)Cc1ccccc1. The normalized spacial score (nSPS) is 11.8. The quantitative estimate of drug-likeness (QED) is 0.0524. The Balaban J connectivity index is 1.74. The summed E-state index contributed by atoms with van der Waals surface area (Å²) in [6, 6.07) is 22.8. The molecule has 0 N–H and O–H groups in total. The topological polar surface area (TPSA) is 0 Å². The van der Waals surface area contributed by atoms with Crippen molar-refractivity contribution in [3.63, 3.8) is 0 Å². The highest BCUT2D eigenvalue weighted by Gasteiger charge is 2.27. The zero-order valence-electron chi connectivity index (χ0n) is 31.8. The van der Waals surface area contributed by atoms with Gasteiger partial charge in [0.1, 0.15) is 13.1 Å². The molecular formula is C46H80N+. The maximum Gasteiger partial charge on any atom is 0.105 e. The maximum absolute atomic E-state index is 2.37. The van der Waals surface area contributed by atoms with E-state index in [0.29, 0.717) is 0 Å². The van der Waals surface area contributed by atoms with E-state index in [0.717, 1.165) is 0 Å². The number of rotatable bonds is 34. The Morgan fingerprint density at radius 1 is 0.298 bits per heavy atom. The number of benzene rings is 2. The standard InChI is InChI=1S/C46H80N/c1-3-5-7-9-11-13-15-17-19-21-23-25-27-35-41-47(43-45-37-31-29-32-38-45,44-46-39-33-30-34-40-46)42-36-28-26-24-22-20-18-16-14-12-10-8-6-4-2/h29-34,37-40H,3-28,35-36,41-44H2,1-2H3/q+1. The van der Waals surface area contributed by atoms with Gasteiger partial charge in [-0.1, -0.05) is 229 Å². The molecule has 0 spiro atoms. The van der Waals surface area contributed by atoms with Crippen LogP contribution in [0.5, 0.6) is 0 Å². The minimum Gasteiger partial charge on any atom is -0.316 e. The van der Waals surface area contributed by atoms with Gasteiger partial charge in [0.05, 0.1) is 13.1 Å². The molecule has 0 heterocycles. The number of hydrogen-bond donors (Lipinski definition) is 0. The van der Waals surface area contributed by atoms with Gasteiger partial charge in [0.15, 0.2) is 0 Å². The van der Waals surface area contributed by atoms with Gasteiger partial charge in [-0.2, -0.15) is 0 Å². The Bertz CT molecular complexity index is 814. The molecule has 0 aromatic heterocycles. The van der Waals surface area contributed by atoms with E-state index in [1.807, 2.05) is 0 Å². The van der Waals surface area contributed by atoms with Crippen LogP contribution in [-0.2, 0) is 13.1 Å². The van der Waals surface area contributed by atoms with Gasteiger partial charge in [-0.25, -0.2) is 0 Å². The van der Waals surface area contributed by atoms with E-state index in [-0.39, 0.29) is 0 Å². The fraction of sp³-hybridized carbons (Fsp3) is 0.739. The van der Waals surface area contributed by atoms with Crippen molar-refractivity contribution < 1.29 is 4.48 Å². The zero-order valence-corrected chi connectivity index (χ0v) is 31.8. The summed E-state index contributed by atoms with van der Waals surface area (Å²) >= 11 is 0. The van der Waals surface area contributed by atoms with Gasteiger partial charge < -0.3 is 4.48 Å². The Morgan fingerprint density at radius 3 is 0.787 bits per heavy atom. The van der Waals surface area contributed by atoms with Gasteiger partial charge in [-0.05, 0) is 25.7 Å². The summed E-state index contributed by atoms with van der Waals surface area (Å²) in [5.41, 5.74) is 3.03. The molecule has 0 fully saturated rings. The smallest absolute Gasteiger partial charge is 0.105 e. The van der Waals surface area contributed by atoms with E-state index in [9.17, 15) is 0 Å². The minimum atomic E-state index is 1.17. The monoisotopic (exact) mass is 647 g/mol. The molecule has 0 aliphatic carbocycles. The summed E-state index contributed by atoms with van der Waals surface area (Å²) < 4.78 is 1.23. The highest BCUT2D eigenvalue weighted by atomic mass is 15.3. The molecule has 0 bridgehead atoms. The Morgan fingerprint density at radius 2 is 0.532 bits per heavy atom. The van der Waals surface area contributed by atoms with Crippen molar-refractivity contribution in [2.45, 2.75) is 207 Å². The fourth-order valence-electron chi connectivity index (χ4n) is 7.71. The third-order valence-electron chi connectivity index (χ3n) is 10.7. The van der Waals surface area contributed by atoms with Crippen LogP contribution in [0.3, 0.4) is 0 Å². The van der Waals surface area contributed by atoms with Crippen molar-refractivity contribution in [1.82, 2.24) is 0 Å². The highest BCUT2D eigenvalue weighted by molar-refractivity contribution is 5.15. The molecule has 1 nitrogen and oxygen atoms in total. The Hall–Kier alpha value is -1.60. The Kier molecular flexibility index (Phi) is 26.9. The maximum atomic E-state index is 2.37. The van der Waals surface area contributed by atoms with E-state index >= 15 is 0 Å². The van der Waals surface area contributed by atoms with Gasteiger partial charge in [0, 0.05) is 11.1 Å². The van der Waals surface area contributed by atoms with Crippen molar-refractivity contribution in [3.8, 4) is 0 Å². The third kappa shape index (κ3) is 23.4. The first-order chi connectivity index (χ1) is 23.3. The van der Waals surface area contributed by atoms with Crippen LogP contribution < -0.4 is 0 Å². The van der Waals surface area contributed by atoms with Crippen LogP contribution in [0, 0.1) is 0 Å². The van der Waals surface area contributed by atoms with E-state index in [2.05, 4.69) is 74.5 Å². The van der Waals surface area contributed by atoms with Crippen LogP contribution in [0.1, 0.15) is 205 Å². The molecule has 2 rings (SSSR count). The molecule has 47 heavy (non-hydrogen) atoms. The van der Waals surface area contributed by atoms with E-state index in [1.165, 1.54) is 222 Å². The third-order valence-corrected chi connectivity index (χ3v) is 10.7. The lowest BCUT2D eigenvalue weighted by Crippen LogP contribution is -2.48. The summed E-state index contributed by atoms with van der Waals surface area (Å²) in [5, 5.41) is 0. The second kappa shape index (κ2) is 30.5. The van der Waals surface area contributed by atoms with Crippen molar-refractivity contribution in [1.29, 1.82) is 0 Å². The molecule has 1 heteroatoms. The first-order valence-corrected chi connectivity index (χ1v) is 21.2. The van der Waals surface area contributed by atoms with Crippen LogP contribution in [0.25, 0.3) is 0 Å². The van der Waals surface area contributed by atoms with Gasteiger partial charge in [0.25, 0.3) is 0 Å². The molecule has 2 aromatic carbocycles. The van der Waals surface area contributed by atoms with Crippen molar-refractivity contribution in [3.05, 3.63) is 71.8 Å². The van der Waals surface area contributed by atoms with Crippen molar-refractivity contribution >= 4 is 0 Å². The minimum absolute atomic E-state index is 1.17. The van der Waals surface area contributed by atoms with Crippen molar-refractivity contribution in [2.75, 3.05) is 13.1 Å². The average Bonchev–Trinajstić information content (AvgIpc) is 3.09. The van der Waals surface area contributed by atoms with Gasteiger partial charge >= 0.3 is 0 Å². The largest absolute Gasteiger partial charge is 0.316 e. The summed E-state index contributed by atoms with van der Waals surface area (Å²) in [7, 11) is 0. The van der Waals surface area contributed by atoms with Crippen LogP contribution >= 0.6 is 0 Å². The lowest BCUT2D eigenvalue weighted by Gasteiger charge is -2.39. The summed E-state index contributed by atoms with van der Waals surface area (Å²) in [4.78, 5) is 0. The first-order valence-electron chi connectivity index (χ1n) is 21.2. The summed E-state index contributed by atoms with van der Waals surface area (Å²) in [6.45, 7) is 9.61. The van der Waals surface area contributed by atoms with E-state index < -0.39 is 0 Å². The second-order valence-electron chi connectivity index (χ2n) is 15.3. The molecule has 268 valence electrons. The summed E-state index contributed by atoms with van der Waals surface area (Å²) in [6.07, 6.45) is 40.2.